The van der Waals surface area contributed by atoms with Crippen molar-refractivity contribution < 1.29 is 18.0 Å². The molecule has 2 N–H and O–H groups in total. The smallest absolute Gasteiger partial charge is 0.326 e. The van der Waals surface area contributed by atoms with Crippen molar-refractivity contribution >= 4 is 46.4 Å². The molecule has 0 unspecified atom stereocenters. The Morgan fingerprint density at radius 3 is 2.66 bits per heavy atom. The number of fused-ring (bicyclic) bond motifs is 1. The monoisotopic (exact) mass is 580 g/mol. The molecule has 0 saturated carbocycles. The maximum absolute atomic E-state index is 13.8. The van der Waals surface area contributed by atoms with E-state index in [9.17, 15) is 18.0 Å². The number of halogens is 3. The normalized spacial score (nSPS) is 15.1. The molecule has 0 aliphatic carbocycles. The number of piperazine rings is 1. The molecule has 41 heavy (non-hydrogen) atoms. The first-order valence-corrected chi connectivity index (χ1v) is 14.3. The van der Waals surface area contributed by atoms with Crippen molar-refractivity contribution in [3.63, 3.8) is 0 Å². The number of amides is 1. The SMILES string of the molecule is CN1CCN(Cc2ccc(NC(=O)CCSc3ccc4c(C=Cc5ccccn5)n[nH]c4c3)cc2C(F)(F)F)CC1. The highest BCUT2D eigenvalue weighted by atomic mass is 32.2. The van der Waals surface area contributed by atoms with E-state index in [1.165, 1.54) is 17.8 Å². The summed E-state index contributed by atoms with van der Waals surface area (Å²) in [6, 6.07) is 15.7. The summed E-state index contributed by atoms with van der Waals surface area (Å²) in [5.41, 5.74) is 2.18. The number of hydrogen-bond acceptors (Lipinski definition) is 6. The van der Waals surface area contributed by atoms with Crippen LogP contribution in [-0.2, 0) is 17.5 Å². The largest absolute Gasteiger partial charge is 0.416 e. The topological polar surface area (TPSA) is 77.2 Å². The molecule has 0 radical (unpaired) electrons. The number of nitrogens with one attached hydrogen (secondary N) is 2. The number of carbonyl (C=O) groups is 1. The predicted molar refractivity (Wildman–Crippen MR) is 157 cm³/mol. The lowest BCUT2D eigenvalue weighted by molar-refractivity contribution is -0.138. The third-order valence-electron chi connectivity index (χ3n) is 6.95. The van der Waals surface area contributed by atoms with Crippen LogP contribution in [-0.4, -0.2) is 69.9 Å². The number of rotatable bonds is 9. The van der Waals surface area contributed by atoms with Crippen LogP contribution in [0.25, 0.3) is 23.1 Å². The highest BCUT2D eigenvalue weighted by Gasteiger charge is 2.34. The summed E-state index contributed by atoms with van der Waals surface area (Å²) in [6.45, 7) is 3.34. The first-order valence-electron chi connectivity index (χ1n) is 13.4. The van der Waals surface area contributed by atoms with Crippen LogP contribution in [0.2, 0.25) is 0 Å². The van der Waals surface area contributed by atoms with Crippen LogP contribution in [0, 0.1) is 0 Å². The molecule has 7 nitrogen and oxygen atoms in total. The maximum atomic E-state index is 13.8. The van der Waals surface area contributed by atoms with Gasteiger partial charge in [0.2, 0.25) is 5.91 Å². The van der Waals surface area contributed by atoms with E-state index in [4.69, 9.17) is 0 Å². The molecule has 2 aromatic carbocycles. The number of anilines is 1. The molecule has 1 fully saturated rings. The molecule has 214 valence electrons. The minimum atomic E-state index is -4.50. The van der Waals surface area contributed by atoms with Gasteiger partial charge in [-0.25, -0.2) is 0 Å². The van der Waals surface area contributed by atoms with Gasteiger partial charge in [-0.1, -0.05) is 12.1 Å². The Kier molecular flexibility index (Phi) is 9.06. The molecule has 1 aliphatic heterocycles. The van der Waals surface area contributed by atoms with Gasteiger partial charge in [0.1, 0.15) is 0 Å². The molecule has 0 atom stereocenters. The Labute approximate surface area is 240 Å². The molecule has 1 aliphatic rings. The van der Waals surface area contributed by atoms with Crippen molar-refractivity contribution in [1.29, 1.82) is 0 Å². The highest BCUT2D eigenvalue weighted by molar-refractivity contribution is 7.99. The number of alkyl halides is 3. The average molecular weight is 581 g/mol. The van der Waals surface area contributed by atoms with Gasteiger partial charge in [-0.15, -0.1) is 11.8 Å². The van der Waals surface area contributed by atoms with E-state index in [0.717, 1.165) is 59.4 Å². The molecule has 1 amide bonds. The minimum Gasteiger partial charge on any atom is -0.326 e. The summed E-state index contributed by atoms with van der Waals surface area (Å²) < 4.78 is 41.5. The van der Waals surface area contributed by atoms with Crippen LogP contribution in [0.3, 0.4) is 0 Å². The van der Waals surface area contributed by atoms with E-state index >= 15 is 0 Å². The standard InChI is InChI=1S/C30H31F3N6OS/c1-38-13-15-39(16-14-38)20-21-5-6-23(18-26(21)30(31,32)33)35-29(40)11-17-41-24-8-9-25-27(36-37-28(25)19-24)10-7-22-4-2-3-12-34-22/h2-10,12,18-19H,11,13-17,20H2,1H3,(H,35,40)(H,36,37). The van der Waals surface area contributed by atoms with Gasteiger partial charge < -0.3 is 10.2 Å². The number of benzene rings is 2. The van der Waals surface area contributed by atoms with Gasteiger partial charge in [0.15, 0.2) is 0 Å². The third kappa shape index (κ3) is 7.75. The quantitative estimate of drug-likeness (QED) is 0.236. The van der Waals surface area contributed by atoms with Crippen LogP contribution < -0.4 is 5.32 Å². The molecule has 11 heteroatoms. The highest BCUT2D eigenvalue weighted by Crippen LogP contribution is 2.35. The van der Waals surface area contributed by atoms with Crippen molar-refractivity contribution in [2.24, 2.45) is 0 Å². The number of nitrogens with zero attached hydrogens (tertiary/aromatic N) is 4. The number of aromatic nitrogens is 3. The van der Waals surface area contributed by atoms with Crippen molar-refractivity contribution in [3.05, 3.63) is 83.3 Å². The van der Waals surface area contributed by atoms with Crippen molar-refractivity contribution in [2.45, 2.75) is 24.0 Å². The van der Waals surface area contributed by atoms with Crippen LogP contribution in [0.1, 0.15) is 28.9 Å². The summed E-state index contributed by atoms with van der Waals surface area (Å²) in [5, 5.41) is 11.0. The zero-order valence-electron chi connectivity index (χ0n) is 22.6. The lowest BCUT2D eigenvalue weighted by Gasteiger charge is -2.33. The van der Waals surface area contributed by atoms with E-state index in [0.29, 0.717) is 5.75 Å². The maximum Gasteiger partial charge on any atom is 0.416 e. The molecule has 2 aromatic heterocycles. The molecular formula is C30H31F3N6OS. The van der Waals surface area contributed by atoms with Crippen LogP contribution >= 0.6 is 11.8 Å². The fourth-order valence-electron chi connectivity index (χ4n) is 4.66. The van der Waals surface area contributed by atoms with E-state index < -0.39 is 11.7 Å². The van der Waals surface area contributed by atoms with Crippen molar-refractivity contribution in [2.75, 3.05) is 44.3 Å². The Morgan fingerprint density at radius 1 is 1.07 bits per heavy atom. The van der Waals surface area contributed by atoms with Crippen LogP contribution in [0.4, 0.5) is 18.9 Å². The van der Waals surface area contributed by atoms with Crippen LogP contribution in [0.15, 0.2) is 65.7 Å². The van der Waals surface area contributed by atoms with Gasteiger partial charge in [0.05, 0.1) is 22.5 Å². The summed E-state index contributed by atoms with van der Waals surface area (Å²) >= 11 is 1.50. The third-order valence-corrected chi connectivity index (χ3v) is 7.95. The lowest BCUT2D eigenvalue weighted by atomic mass is 10.0. The van der Waals surface area contributed by atoms with Gasteiger partial charge in [-0.3, -0.25) is 19.8 Å². The number of H-pyrrole nitrogens is 1. The lowest BCUT2D eigenvalue weighted by Crippen LogP contribution is -2.44. The zero-order valence-corrected chi connectivity index (χ0v) is 23.4. The van der Waals surface area contributed by atoms with Crippen molar-refractivity contribution in [1.82, 2.24) is 25.0 Å². The molecular weight excluding hydrogens is 549 g/mol. The molecule has 0 spiro atoms. The van der Waals surface area contributed by atoms with Gasteiger partial charge in [0, 0.05) is 67.1 Å². The van der Waals surface area contributed by atoms with Gasteiger partial charge in [0.25, 0.3) is 0 Å². The Hall–Kier alpha value is -3.67. The summed E-state index contributed by atoms with van der Waals surface area (Å²) in [5.74, 6) is 0.146. The number of thioether (sulfide) groups is 1. The fourth-order valence-corrected chi connectivity index (χ4v) is 5.55. The number of aromatic amines is 1. The van der Waals surface area contributed by atoms with E-state index in [1.807, 2.05) is 60.5 Å². The fraction of sp³-hybridized carbons (Fsp3) is 0.300. The van der Waals surface area contributed by atoms with Crippen molar-refractivity contribution in [3.8, 4) is 0 Å². The minimum absolute atomic E-state index is 0.152. The number of carbonyl (C=O) groups excluding carboxylic acids is 1. The first-order chi connectivity index (χ1) is 19.7. The Bertz CT molecular complexity index is 1510. The number of likely N-dealkylation sites (N-methyl/N-ethyl adjacent to an activating group) is 1. The second-order valence-corrected chi connectivity index (χ2v) is 11.2. The molecule has 5 rings (SSSR count). The Morgan fingerprint density at radius 2 is 1.90 bits per heavy atom. The van der Waals surface area contributed by atoms with Gasteiger partial charge in [-0.2, -0.15) is 18.3 Å². The number of pyridine rings is 1. The molecule has 0 bridgehead atoms. The Balaban J connectivity index is 1.15. The van der Waals surface area contributed by atoms with E-state index in [2.05, 4.69) is 25.4 Å². The number of hydrogen-bond donors (Lipinski definition) is 2. The summed E-state index contributed by atoms with van der Waals surface area (Å²) in [6.07, 6.45) is 1.20. The van der Waals surface area contributed by atoms with E-state index in [-0.39, 0.29) is 30.1 Å². The molecule has 3 heterocycles. The average Bonchev–Trinajstić information content (AvgIpc) is 3.36. The zero-order chi connectivity index (χ0) is 28.8. The van der Waals surface area contributed by atoms with Crippen LogP contribution in [0.5, 0.6) is 0 Å². The van der Waals surface area contributed by atoms with Gasteiger partial charge in [-0.05, 0) is 67.2 Å². The first kappa shape index (κ1) is 28.8. The summed E-state index contributed by atoms with van der Waals surface area (Å²) in [7, 11) is 2.01. The molecule has 1 saturated heterocycles. The van der Waals surface area contributed by atoms with Gasteiger partial charge >= 0.3 is 6.18 Å². The second-order valence-electron chi connectivity index (χ2n) is 10.00. The summed E-state index contributed by atoms with van der Waals surface area (Å²) in [4.78, 5) is 22.0. The second kappa shape index (κ2) is 12.9. The molecule has 4 aromatic rings. The predicted octanol–water partition coefficient (Wildman–Crippen LogP) is 6.02. The van der Waals surface area contributed by atoms with E-state index in [1.54, 1.807) is 12.3 Å².